The molecule has 1 aliphatic rings. The Balaban J connectivity index is 2.17. The van der Waals surface area contributed by atoms with E-state index in [0.29, 0.717) is 12.1 Å². The van der Waals surface area contributed by atoms with E-state index in [1.54, 1.807) is 10.8 Å². The van der Waals surface area contributed by atoms with Crippen LogP contribution in [0.4, 0.5) is 0 Å². The van der Waals surface area contributed by atoms with Crippen LogP contribution in [-0.2, 0) is 0 Å². The van der Waals surface area contributed by atoms with Gasteiger partial charge in [-0.15, -0.1) is 0 Å². The van der Waals surface area contributed by atoms with E-state index in [1.807, 2.05) is 6.20 Å². The Morgan fingerprint density at radius 1 is 1.62 bits per heavy atom. The van der Waals surface area contributed by atoms with E-state index in [0.717, 1.165) is 19.4 Å². The number of rotatable bonds is 1. The zero-order chi connectivity index (χ0) is 9.26. The van der Waals surface area contributed by atoms with Crippen LogP contribution in [-0.4, -0.2) is 22.1 Å². The first kappa shape index (κ1) is 8.56. The van der Waals surface area contributed by atoms with Crippen molar-refractivity contribution < 1.29 is 0 Å². The fourth-order valence-electron chi connectivity index (χ4n) is 1.98. The van der Waals surface area contributed by atoms with E-state index in [1.165, 1.54) is 0 Å². The number of H-pyrrole nitrogens is 1. The zero-order valence-electron chi connectivity index (χ0n) is 7.79. The van der Waals surface area contributed by atoms with Gasteiger partial charge >= 0.3 is 5.69 Å². The minimum absolute atomic E-state index is 0.0131. The highest BCUT2D eigenvalue weighted by Crippen LogP contribution is 2.19. The molecule has 0 amide bonds. The molecule has 72 valence electrons. The van der Waals surface area contributed by atoms with E-state index in [9.17, 15) is 4.79 Å². The molecule has 1 aliphatic heterocycles. The largest absolute Gasteiger partial charge is 0.325 e. The lowest BCUT2D eigenvalue weighted by Gasteiger charge is -2.28. The third-order valence-electron chi connectivity index (χ3n) is 2.67. The molecule has 0 aliphatic carbocycles. The minimum Gasteiger partial charge on any atom is -0.314 e. The first-order valence-corrected chi connectivity index (χ1v) is 4.76. The van der Waals surface area contributed by atoms with E-state index >= 15 is 0 Å². The molecular weight excluding hydrogens is 166 g/mol. The molecule has 0 aromatic carbocycles. The van der Waals surface area contributed by atoms with Gasteiger partial charge in [0, 0.05) is 24.5 Å². The lowest BCUT2D eigenvalue weighted by atomic mass is 10.0. The number of hydrogen-bond donors (Lipinski definition) is 2. The molecule has 0 saturated carbocycles. The van der Waals surface area contributed by atoms with Crippen molar-refractivity contribution in [3.8, 4) is 0 Å². The Morgan fingerprint density at radius 3 is 3.08 bits per heavy atom. The summed E-state index contributed by atoms with van der Waals surface area (Å²) in [4.78, 5) is 14.0. The standard InChI is InChI=1S/C9H15N3O/c1-7-6-8(2-3-10-7)12-5-4-11-9(12)13/h4-5,7-8,10H,2-3,6H2,1H3,(H,11,13). The Kier molecular flexibility index (Phi) is 2.22. The first-order valence-electron chi connectivity index (χ1n) is 4.76. The highest BCUT2D eigenvalue weighted by Gasteiger charge is 2.20. The van der Waals surface area contributed by atoms with E-state index < -0.39 is 0 Å². The maximum absolute atomic E-state index is 11.3. The van der Waals surface area contributed by atoms with Gasteiger partial charge in [-0.1, -0.05) is 0 Å². The molecule has 13 heavy (non-hydrogen) atoms. The minimum atomic E-state index is 0.0131. The maximum Gasteiger partial charge on any atom is 0.325 e. The van der Waals surface area contributed by atoms with Crippen molar-refractivity contribution in [2.45, 2.75) is 31.8 Å². The molecule has 2 rings (SSSR count). The Morgan fingerprint density at radius 2 is 2.46 bits per heavy atom. The molecule has 2 heterocycles. The number of hydrogen-bond acceptors (Lipinski definition) is 2. The highest BCUT2D eigenvalue weighted by atomic mass is 16.1. The van der Waals surface area contributed by atoms with Gasteiger partial charge in [-0.3, -0.25) is 4.57 Å². The van der Waals surface area contributed by atoms with E-state index in [2.05, 4.69) is 17.2 Å². The number of aromatic nitrogens is 2. The molecule has 1 aromatic heterocycles. The van der Waals surface area contributed by atoms with Gasteiger partial charge in [-0.25, -0.2) is 4.79 Å². The summed E-state index contributed by atoms with van der Waals surface area (Å²) in [6.45, 7) is 3.16. The van der Waals surface area contributed by atoms with Crippen LogP contribution in [0.2, 0.25) is 0 Å². The predicted molar refractivity (Wildman–Crippen MR) is 50.8 cm³/mol. The van der Waals surface area contributed by atoms with Crippen LogP contribution in [0.25, 0.3) is 0 Å². The molecule has 1 aromatic rings. The zero-order valence-corrected chi connectivity index (χ0v) is 7.79. The van der Waals surface area contributed by atoms with Crippen LogP contribution in [0.5, 0.6) is 0 Å². The van der Waals surface area contributed by atoms with E-state index in [-0.39, 0.29) is 5.69 Å². The van der Waals surface area contributed by atoms with Crippen molar-refractivity contribution in [3.63, 3.8) is 0 Å². The summed E-state index contributed by atoms with van der Waals surface area (Å²) in [5, 5.41) is 3.37. The first-order chi connectivity index (χ1) is 6.27. The number of nitrogens with one attached hydrogen (secondary N) is 2. The van der Waals surface area contributed by atoms with Gasteiger partial charge in [0.1, 0.15) is 0 Å². The third-order valence-corrected chi connectivity index (χ3v) is 2.67. The summed E-state index contributed by atoms with van der Waals surface area (Å²) in [7, 11) is 0. The normalized spacial score (nSPS) is 29.0. The summed E-state index contributed by atoms with van der Waals surface area (Å²) in [5.41, 5.74) is 0.0131. The summed E-state index contributed by atoms with van der Waals surface area (Å²) in [5.74, 6) is 0. The van der Waals surface area contributed by atoms with Crippen molar-refractivity contribution in [1.82, 2.24) is 14.9 Å². The second-order valence-electron chi connectivity index (χ2n) is 3.71. The van der Waals surface area contributed by atoms with Gasteiger partial charge in [-0.05, 0) is 26.3 Å². The van der Waals surface area contributed by atoms with Crippen LogP contribution < -0.4 is 11.0 Å². The van der Waals surface area contributed by atoms with Crippen molar-refractivity contribution in [1.29, 1.82) is 0 Å². The third kappa shape index (κ3) is 1.67. The molecule has 1 fully saturated rings. The van der Waals surface area contributed by atoms with Crippen molar-refractivity contribution in [2.24, 2.45) is 0 Å². The summed E-state index contributed by atoms with van der Waals surface area (Å²) in [6.07, 6.45) is 5.62. The molecule has 4 heteroatoms. The molecule has 1 saturated heterocycles. The Bertz CT molecular complexity index is 328. The Labute approximate surface area is 77.0 Å². The van der Waals surface area contributed by atoms with E-state index in [4.69, 9.17) is 0 Å². The molecule has 0 spiro atoms. The van der Waals surface area contributed by atoms with Gasteiger partial charge in [0.25, 0.3) is 0 Å². The fraction of sp³-hybridized carbons (Fsp3) is 0.667. The summed E-state index contributed by atoms with van der Waals surface area (Å²) >= 11 is 0. The summed E-state index contributed by atoms with van der Waals surface area (Å²) < 4.78 is 1.80. The van der Waals surface area contributed by atoms with Crippen molar-refractivity contribution in [2.75, 3.05) is 6.54 Å². The lowest BCUT2D eigenvalue weighted by molar-refractivity contribution is 0.308. The van der Waals surface area contributed by atoms with Crippen LogP contribution in [0, 0.1) is 0 Å². The molecule has 2 N–H and O–H groups in total. The quantitative estimate of drug-likeness (QED) is 0.662. The predicted octanol–water partition coefficient (Wildman–Crippen LogP) is 0.489. The van der Waals surface area contributed by atoms with Crippen LogP contribution in [0.1, 0.15) is 25.8 Å². The molecule has 2 atom stereocenters. The summed E-state index contributed by atoms with van der Waals surface area (Å²) in [6, 6.07) is 0.885. The maximum atomic E-state index is 11.3. The molecule has 4 nitrogen and oxygen atoms in total. The van der Waals surface area contributed by atoms with Gasteiger partial charge < -0.3 is 10.3 Å². The lowest BCUT2D eigenvalue weighted by Crippen LogP contribution is -2.38. The molecule has 0 radical (unpaired) electrons. The molecule has 2 unspecified atom stereocenters. The van der Waals surface area contributed by atoms with Gasteiger partial charge in [0.05, 0.1) is 0 Å². The number of imidazole rings is 1. The van der Waals surface area contributed by atoms with Crippen LogP contribution in [0.15, 0.2) is 17.2 Å². The second-order valence-corrected chi connectivity index (χ2v) is 3.71. The van der Waals surface area contributed by atoms with Crippen LogP contribution in [0.3, 0.4) is 0 Å². The second kappa shape index (κ2) is 3.38. The van der Waals surface area contributed by atoms with Crippen molar-refractivity contribution in [3.05, 3.63) is 22.9 Å². The van der Waals surface area contributed by atoms with Gasteiger partial charge in [-0.2, -0.15) is 0 Å². The van der Waals surface area contributed by atoms with Gasteiger partial charge in [0.2, 0.25) is 0 Å². The average Bonchev–Trinajstić information content (AvgIpc) is 2.51. The Hall–Kier alpha value is -1.03. The number of piperidine rings is 1. The number of aromatic amines is 1. The smallest absolute Gasteiger partial charge is 0.314 e. The fourth-order valence-corrected chi connectivity index (χ4v) is 1.98. The van der Waals surface area contributed by atoms with Gasteiger partial charge in [0.15, 0.2) is 0 Å². The molecular formula is C9H15N3O. The molecule has 0 bridgehead atoms. The topological polar surface area (TPSA) is 49.8 Å². The van der Waals surface area contributed by atoms with Crippen molar-refractivity contribution >= 4 is 0 Å². The monoisotopic (exact) mass is 181 g/mol. The SMILES string of the molecule is CC1CC(n2cc[nH]c2=O)CCN1. The number of nitrogens with zero attached hydrogens (tertiary/aromatic N) is 1. The average molecular weight is 181 g/mol. The van der Waals surface area contributed by atoms with Crippen LogP contribution >= 0.6 is 0 Å². The highest BCUT2D eigenvalue weighted by molar-refractivity contribution is 4.86.